The van der Waals surface area contributed by atoms with Crippen LogP contribution in [0.5, 0.6) is 5.75 Å². The number of phenols is 1. The van der Waals surface area contributed by atoms with Crippen LogP contribution in [0.2, 0.25) is 0 Å². The van der Waals surface area contributed by atoms with Crippen molar-refractivity contribution in [1.82, 2.24) is 4.90 Å². The summed E-state index contributed by atoms with van der Waals surface area (Å²) in [5.74, 6) is -2.09. The molecule has 1 aliphatic heterocycles. The largest absolute Gasteiger partial charge is 0.508 e. The summed E-state index contributed by atoms with van der Waals surface area (Å²) >= 11 is 0. The predicted octanol–water partition coefficient (Wildman–Crippen LogP) is 2.69. The molecule has 35 heavy (non-hydrogen) atoms. The van der Waals surface area contributed by atoms with Gasteiger partial charge in [-0.15, -0.1) is 0 Å². The fraction of sp³-hybridized carbons (Fsp3) is 0.407. The van der Waals surface area contributed by atoms with Gasteiger partial charge in [-0.2, -0.15) is 0 Å². The predicted molar refractivity (Wildman–Crippen MR) is 130 cm³/mol. The van der Waals surface area contributed by atoms with Crippen LogP contribution < -0.4 is 0 Å². The molecule has 0 bridgehead atoms. The van der Waals surface area contributed by atoms with Crippen LogP contribution in [0.1, 0.15) is 41.2 Å². The van der Waals surface area contributed by atoms with Crippen molar-refractivity contribution in [1.29, 1.82) is 0 Å². The Morgan fingerprint density at radius 3 is 2.20 bits per heavy atom. The van der Waals surface area contributed by atoms with E-state index in [1.807, 2.05) is 6.07 Å². The molecule has 0 saturated carbocycles. The summed E-state index contributed by atoms with van der Waals surface area (Å²) in [5, 5.41) is 46.9. The first-order chi connectivity index (χ1) is 16.5. The number of hydrogen-bond donors (Lipinski definition) is 5. The number of hydrogen-bond acceptors (Lipinski definition) is 6. The molecule has 1 heterocycles. The molecule has 2 aromatic rings. The van der Waals surface area contributed by atoms with E-state index >= 15 is 0 Å². The molecule has 4 rings (SSSR count). The Morgan fingerprint density at radius 1 is 1.03 bits per heavy atom. The summed E-state index contributed by atoms with van der Waals surface area (Å²) < 4.78 is 0. The summed E-state index contributed by atoms with van der Waals surface area (Å²) in [5.41, 5.74) is 3.81. The molecule has 0 radical (unpaired) electrons. The lowest BCUT2D eigenvalue weighted by Crippen LogP contribution is -2.47. The van der Waals surface area contributed by atoms with E-state index in [1.165, 1.54) is 11.1 Å². The highest BCUT2D eigenvalue weighted by Crippen LogP contribution is 2.38. The fourth-order valence-electron chi connectivity index (χ4n) is 4.76. The SMILES string of the molecule is Cc1ccc(CC2(O)CCN(CC3Cc4cc(O)ccc4C3O)CC2)cc1.O=C(O)C=CC(=O)O. The quantitative estimate of drug-likeness (QED) is 0.395. The number of nitrogens with zero attached hydrogens (tertiary/aromatic N) is 1. The van der Waals surface area contributed by atoms with Crippen molar-refractivity contribution in [3.8, 4) is 5.75 Å². The van der Waals surface area contributed by atoms with E-state index in [0.29, 0.717) is 18.6 Å². The third-order valence-corrected chi connectivity index (χ3v) is 6.68. The number of aliphatic hydroxyl groups is 2. The molecule has 2 unspecified atom stereocenters. The molecule has 188 valence electrons. The molecule has 2 aliphatic rings. The zero-order valence-corrected chi connectivity index (χ0v) is 19.8. The molecule has 1 saturated heterocycles. The van der Waals surface area contributed by atoms with E-state index in [0.717, 1.165) is 50.0 Å². The Hall–Kier alpha value is -3.20. The van der Waals surface area contributed by atoms with Crippen LogP contribution in [0.25, 0.3) is 0 Å². The molecule has 0 spiro atoms. The number of phenolic OH excluding ortho intramolecular Hbond substituents is 1. The van der Waals surface area contributed by atoms with E-state index in [1.54, 1.807) is 12.1 Å². The van der Waals surface area contributed by atoms with E-state index in [-0.39, 0.29) is 11.7 Å². The van der Waals surface area contributed by atoms with E-state index in [9.17, 15) is 24.9 Å². The summed E-state index contributed by atoms with van der Waals surface area (Å²) in [4.78, 5) is 21.5. The maximum atomic E-state index is 11.0. The van der Waals surface area contributed by atoms with Gasteiger partial charge in [0, 0.05) is 44.1 Å². The van der Waals surface area contributed by atoms with Crippen molar-refractivity contribution in [2.75, 3.05) is 19.6 Å². The van der Waals surface area contributed by atoms with E-state index in [4.69, 9.17) is 10.2 Å². The third kappa shape index (κ3) is 7.65. The standard InChI is InChI=1S/C23H29NO3.C4H4O4/c1-16-2-4-17(5-3-16)14-23(27)8-10-24(11-9-23)15-19-12-18-13-20(25)6-7-21(18)22(19)26;5-3(6)1-2-4(7)8/h2-7,13,19,22,25-27H,8-12,14-15H2,1H3;1-2H,(H,5,6)(H,7,8). The number of carboxylic acid groups (broad SMARTS) is 2. The minimum Gasteiger partial charge on any atom is -0.508 e. The zero-order chi connectivity index (χ0) is 25.6. The van der Waals surface area contributed by atoms with Gasteiger partial charge in [-0.3, -0.25) is 0 Å². The van der Waals surface area contributed by atoms with Crippen LogP contribution in [0.4, 0.5) is 0 Å². The van der Waals surface area contributed by atoms with Crippen LogP contribution in [-0.4, -0.2) is 67.6 Å². The number of piperidine rings is 1. The number of likely N-dealkylation sites (tertiary alicyclic amines) is 1. The van der Waals surface area contributed by atoms with Crippen molar-refractivity contribution in [3.05, 3.63) is 76.9 Å². The molecule has 1 aliphatic carbocycles. The second kappa shape index (κ2) is 11.5. The van der Waals surface area contributed by atoms with Crippen molar-refractivity contribution in [2.24, 2.45) is 5.92 Å². The number of aromatic hydroxyl groups is 1. The monoisotopic (exact) mass is 483 g/mol. The van der Waals surface area contributed by atoms with Gasteiger partial charge in [0.1, 0.15) is 5.75 Å². The first kappa shape index (κ1) is 26.4. The molecule has 8 heteroatoms. The lowest BCUT2D eigenvalue weighted by atomic mass is 9.85. The maximum Gasteiger partial charge on any atom is 0.328 e. The minimum atomic E-state index is -1.26. The zero-order valence-electron chi connectivity index (χ0n) is 19.8. The van der Waals surface area contributed by atoms with Gasteiger partial charge in [-0.05, 0) is 55.0 Å². The van der Waals surface area contributed by atoms with Crippen molar-refractivity contribution in [3.63, 3.8) is 0 Å². The first-order valence-corrected chi connectivity index (χ1v) is 11.7. The molecule has 2 aromatic carbocycles. The van der Waals surface area contributed by atoms with Crippen LogP contribution in [0, 0.1) is 12.8 Å². The molecular formula is C27H33NO7. The van der Waals surface area contributed by atoms with E-state index in [2.05, 4.69) is 36.1 Å². The summed E-state index contributed by atoms with van der Waals surface area (Å²) in [7, 11) is 0. The Bertz CT molecular complexity index is 1040. The lowest BCUT2D eigenvalue weighted by Gasteiger charge is -2.39. The Kier molecular flexibility index (Phi) is 8.67. The van der Waals surface area contributed by atoms with Gasteiger partial charge in [0.05, 0.1) is 11.7 Å². The summed E-state index contributed by atoms with van der Waals surface area (Å²) in [6.45, 7) is 4.62. The van der Waals surface area contributed by atoms with Crippen molar-refractivity contribution in [2.45, 2.75) is 44.3 Å². The Morgan fingerprint density at radius 2 is 1.63 bits per heavy atom. The maximum absolute atomic E-state index is 11.0. The molecule has 1 fully saturated rings. The highest BCUT2D eigenvalue weighted by atomic mass is 16.4. The smallest absolute Gasteiger partial charge is 0.328 e. The lowest BCUT2D eigenvalue weighted by molar-refractivity contribution is -0.134. The average molecular weight is 484 g/mol. The van der Waals surface area contributed by atoms with Crippen molar-refractivity contribution < 1.29 is 35.1 Å². The number of rotatable bonds is 6. The number of fused-ring (bicyclic) bond motifs is 1. The molecule has 0 aromatic heterocycles. The van der Waals surface area contributed by atoms with Gasteiger partial charge in [0.15, 0.2) is 0 Å². The molecule has 8 nitrogen and oxygen atoms in total. The molecule has 5 N–H and O–H groups in total. The van der Waals surface area contributed by atoms with Gasteiger partial charge in [-0.1, -0.05) is 35.9 Å². The highest BCUT2D eigenvalue weighted by molar-refractivity contribution is 5.89. The average Bonchev–Trinajstić information content (AvgIpc) is 3.10. The molecular weight excluding hydrogens is 450 g/mol. The highest BCUT2D eigenvalue weighted by Gasteiger charge is 2.36. The first-order valence-electron chi connectivity index (χ1n) is 11.7. The number of aliphatic carboxylic acids is 2. The number of aliphatic hydroxyl groups excluding tert-OH is 1. The van der Waals surface area contributed by atoms with Gasteiger partial charge in [0.25, 0.3) is 0 Å². The topological polar surface area (TPSA) is 139 Å². The van der Waals surface area contributed by atoms with Crippen LogP contribution in [0.3, 0.4) is 0 Å². The Balaban J connectivity index is 0.000000371. The van der Waals surface area contributed by atoms with Gasteiger partial charge in [-0.25, -0.2) is 9.59 Å². The molecule has 2 atom stereocenters. The number of carboxylic acids is 2. The number of benzene rings is 2. The van der Waals surface area contributed by atoms with Gasteiger partial charge < -0.3 is 30.4 Å². The van der Waals surface area contributed by atoms with Crippen LogP contribution in [-0.2, 0) is 22.4 Å². The number of aryl methyl sites for hydroxylation is 1. The van der Waals surface area contributed by atoms with E-state index < -0.39 is 23.6 Å². The summed E-state index contributed by atoms with van der Waals surface area (Å²) in [6.07, 6.45) is 3.68. The van der Waals surface area contributed by atoms with Gasteiger partial charge in [0.2, 0.25) is 0 Å². The molecule has 0 amide bonds. The van der Waals surface area contributed by atoms with Crippen molar-refractivity contribution >= 4 is 11.9 Å². The second-order valence-electron chi connectivity index (χ2n) is 9.49. The van der Waals surface area contributed by atoms with Gasteiger partial charge >= 0.3 is 11.9 Å². The minimum absolute atomic E-state index is 0.157. The normalized spacial score (nSPS) is 21.2. The fourth-order valence-corrected chi connectivity index (χ4v) is 4.76. The second-order valence-corrected chi connectivity index (χ2v) is 9.49. The summed E-state index contributed by atoms with van der Waals surface area (Å²) in [6, 6.07) is 13.7. The third-order valence-electron chi connectivity index (χ3n) is 6.68. The Labute approximate surface area is 204 Å². The van der Waals surface area contributed by atoms with Crippen LogP contribution >= 0.6 is 0 Å². The number of carbonyl (C=O) groups is 2. The van der Waals surface area contributed by atoms with Crippen LogP contribution in [0.15, 0.2) is 54.6 Å².